The van der Waals surface area contributed by atoms with Crippen molar-refractivity contribution in [1.82, 2.24) is 9.36 Å². The van der Waals surface area contributed by atoms with Crippen LogP contribution in [0.15, 0.2) is 35.1 Å². The fraction of sp³-hybridized carbons (Fsp3) is 0.333. The van der Waals surface area contributed by atoms with Crippen LogP contribution in [0.25, 0.3) is 5.69 Å². The van der Waals surface area contributed by atoms with Gasteiger partial charge < -0.3 is 11.1 Å². The fourth-order valence-corrected chi connectivity index (χ4v) is 2.11. The summed E-state index contributed by atoms with van der Waals surface area (Å²) in [4.78, 5) is 24.5. The van der Waals surface area contributed by atoms with E-state index in [1.807, 2.05) is 37.3 Å². The maximum atomic E-state index is 12.5. The highest BCUT2D eigenvalue weighted by atomic mass is 16.2. The van der Waals surface area contributed by atoms with E-state index in [-0.39, 0.29) is 17.2 Å². The molecule has 112 valence electrons. The average molecular weight is 288 g/mol. The number of amides is 1. The summed E-state index contributed by atoms with van der Waals surface area (Å²) in [6.07, 6.45) is 0.518. The average Bonchev–Trinajstić information content (AvgIpc) is 2.71. The minimum atomic E-state index is -0.616. The monoisotopic (exact) mass is 288 g/mol. The van der Waals surface area contributed by atoms with Gasteiger partial charge in [-0.25, -0.2) is 4.68 Å². The Bertz CT molecular complexity index is 700. The van der Waals surface area contributed by atoms with E-state index in [0.29, 0.717) is 12.1 Å². The molecular formula is C15H20N4O2. The largest absolute Gasteiger partial charge is 0.320 e. The fourth-order valence-electron chi connectivity index (χ4n) is 2.11. The van der Waals surface area contributed by atoms with E-state index >= 15 is 0 Å². The molecule has 1 aromatic carbocycles. The number of carbonyl (C=O) groups excluding carboxylic acids is 1. The molecule has 0 aliphatic rings. The Hall–Kier alpha value is -2.34. The van der Waals surface area contributed by atoms with E-state index in [0.717, 1.165) is 5.69 Å². The first-order chi connectivity index (χ1) is 9.97. The second kappa shape index (κ2) is 5.97. The number of benzene rings is 1. The highest BCUT2D eigenvalue weighted by molar-refractivity contribution is 5.95. The molecule has 0 fully saturated rings. The van der Waals surface area contributed by atoms with Crippen LogP contribution in [0.3, 0.4) is 0 Å². The number of anilines is 1. The van der Waals surface area contributed by atoms with Gasteiger partial charge in [-0.2, -0.15) is 0 Å². The van der Waals surface area contributed by atoms with E-state index in [4.69, 9.17) is 5.73 Å². The molecule has 6 nitrogen and oxygen atoms in total. The number of hydrogen-bond donors (Lipinski definition) is 2. The van der Waals surface area contributed by atoms with Crippen molar-refractivity contribution in [2.24, 2.45) is 12.8 Å². The lowest BCUT2D eigenvalue weighted by Gasteiger charge is -2.08. The summed E-state index contributed by atoms with van der Waals surface area (Å²) in [5.74, 6) is -0.344. The van der Waals surface area contributed by atoms with Gasteiger partial charge >= 0.3 is 0 Å². The smallest absolute Gasteiger partial charge is 0.295 e. The van der Waals surface area contributed by atoms with Crippen molar-refractivity contribution >= 4 is 11.6 Å². The lowest BCUT2D eigenvalue weighted by atomic mass is 10.2. The van der Waals surface area contributed by atoms with E-state index in [9.17, 15) is 9.59 Å². The topological polar surface area (TPSA) is 82.1 Å². The third-order valence-electron chi connectivity index (χ3n) is 3.58. The number of nitrogens with two attached hydrogens (primary N) is 1. The predicted molar refractivity (Wildman–Crippen MR) is 82.6 cm³/mol. The molecule has 0 aliphatic heterocycles. The molecule has 0 aliphatic carbocycles. The summed E-state index contributed by atoms with van der Waals surface area (Å²) in [7, 11) is 1.78. The summed E-state index contributed by atoms with van der Waals surface area (Å²) in [6.45, 7) is 3.61. The number of rotatable bonds is 4. The van der Waals surface area contributed by atoms with Crippen LogP contribution < -0.4 is 16.6 Å². The standard InChI is InChI=1S/C15H20N4O2/c1-4-12(16)14(20)17-13-10(2)18(3)19(15(13)21)11-8-6-5-7-9-11/h5-9,12H,4,16H2,1-3H3,(H,17,20)/t12-/m1/s1. The first kappa shape index (κ1) is 15.1. The number of nitrogens with one attached hydrogen (secondary N) is 1. The number of hydrogen-bond acceptors (Lipinski definition) is 3. The summed E-state index contributed by atoms with van der Waals surface area (Å²) >= 11 is 0. The summed E-state index contributed by atoms with van der Waals surface area (Å²) in [5.41, 5.74) is 7.13. The van der Waals surface area contributed by atoms with Gasteiger partial charge in [0.25, 0.3) is 5.56 Å². The van der Waals surface area contributed by atoms with Gasteiger partial charge in [0.2, 0.25) is 5.91 Å². The quantitative estimate of drug-likeness (QED) is 0.885. The van der Waals surface area contributed by atoms with Crippen LogP contribution in [0.2, 0.25) is 0 Å². The molecule has 0 radical (unpaired) electrons. The zero-order valence-corrected chi connectivity index (χ0v) is 12.5. The lowest BCUT2D eigenvalue weighted by Crippen LogP contribution is -2.36. The van der Waals surface area contributed by atoms with Crippen LogP contribution in [0, 0.1) is 6.92 Å². The minimum Gasteiger partial charge on any atom is -0.320 e. The van der Waals surface area contributed by atoms with E-state index in [1.165, 1.54) is 4.68 Å². The van der Waals surface area contributed by atoms with Crippen molar-refractivity contribution < 1.29 is 4.79 Å². The highest BCUT2D eigenvalue weighted by Crippen LogP contribution is 2.14. The Morgan fingerprint density at radius 2 is 1.95 bits per heavy atom. The molecule has 0 saturated carbocycles. The molecule has 2 rings (SSSR count). The summed E-state index contributed by atoms with van der Waals surface area (Å²) in [5, 5.41) is 2.64. The Labute approximate surface area is 123 Å². The first-order valence-corrected chi connectivity index (χ1v) is 6.87. The van der Waals surface area contributed by atoms with Crippen molar-refractivity contribution in [3.05, 3.63) is 46.4 Å². The molecule has 0 saturated heterocycles. The van der Waals surface area contributed by atoms with Crippen molar-refractivity contribution in [1.29, 1.82) is 0 Å². The van der Waals surface area contributed by atoms with Gasteiger partial charge in [0, 0.05) is 7.05 Å². The molecule has 1 atom stereocenters. The molecular weight excluding hydrogens is 268 g/mol. The zero-order chi connectivity index (χ0) is 15.6. The Morgan fingerprint density at radius 1 is 1.33 bits per heavy atom. The lowest BCUT2D eigenvalue weighted by molar-refractivity contribution is -0.117. The van der Waals surface area contributed by atoms with Crippen molar-refractivity contribution in [3.8, 4) is 5.69 Å². The zero-order valence-electron chi connectivity index (χ0n) is 12.5. The third kappa shape index (κ3) is 2.75. The molecule has 21 heavy (non-hydrogen) atoms. The molecule has 1 heterocycles. The van der Waals surface area contributed by atoms with Crippen LogP contribution in [-0.4, -0.2) is 21.3 Å². The highest BCUT2D eigenvalue weighted by Gasteiger charge is 2.20. The van der Waals surface area contributed by atoms with Crippen molar-refractivity contribution in [3.63, 3.8) is 0 Å². The van der Waals surface area contributed by atoms with Crippen molar-refractivity contribution in [2.45, 2.75) is 26.3 Å². The SMILES string of the molecule is CC[C@@H](N)C(=O)Nc1c(C)n(C)n(-c2ccccc2)c1=O. The predicted octanol–water partition coefficient (Wildman–Crippen LogP) is 1.16. The summed E-state index contributed by atoms with van der Waals surface area (Å²) in [6, 6.07) is 8.65. The molecule has 1 amide bonds. The van der Waals surface area contributed by atoms with Crippen LogP contribution in [0.1, 0.15) is 19.0 Å². The summed E-state index contributed by atoms with van der Waals surface area (Å²) < 4.78 is 3.23. The maximum Gasteiger partial charge on any atom is 0.295 e. The van der Waals surface area contributed by atoms with E-state index < -0.39 is 6.04 Å². The number of para-hydroxylation sites is 1. The van der Waals surface area contributed by atoms with Crippen LogP contribution >= 0.6 is 0 Å². The van der Waals surface area contributed by atoms with E-state index in [2.05, 4.69) is 5.32 Å². The normalized spacial score (nSPS) is 12.2. The minimum absolute atomic E-state index is 0.266. The van der Waals surface area contributed by atoms with Crippen molar-refractivity contribution in [2.75, 3.05) is 5.32 Å². The second-order valence-electron chi connectivity index (χ2n) is 4.94. The molecule has 3 N–H and O–H groups in total. The van der Waals surface area contributed by atoms with Gasteiger partial charge in [-0.05, 0) is 25.5 Å². The van der Waals surface area contributed by atoms with E-state index in [1.54, 1.807) is 18.7 Å². The third-order valence-corrected chi connectivity index (χ3v) is 3.58. The Balaban J connectivity index is 2.47. The molecule has 6 heteroatoms. The first-order valence-electron chi connectivity index (χ1n) is 6.87. The second-order valence-corrected chi connectivity index (χ2v) is 4.94. The molecule has 0 bridgehead atoms. The number of carbonyl (C=O) groups is 1. The van der Waals surface area contributed by atoms with Gasteiger partial charge in [-0.1, -0.05) is 25.1 Å². The van der Waals surface area contributed by atoms with Gasteiger partial charge in [-0.3, -0.25) is 14.3 Å². The molecule has 2 aromatic rings. The van der Waals surface area contributed by atoms with Gasteiger partial charge in [0.1, 0.15) is 5.69 Å². The number of aromatic nitrogens is 2. The van der Waals surface area contributed by atoms with Gasteiger partial charge in [0.15, 0.2) is 0 Å². The molecule has 0 spiro atoms. The Morgan fingerprint density at radius 3 is 2.52 bits per heavy atom. The van der Waals surface area contributed by atoms with Gasteiger partial charge in [-0.15, -0.1) is 0 Å². The molecule has 0 unspecified atom stereocenters. The van der Waals surface area contributed by atoms with Crippen LogP contribution in [0.5, 0.6) is 0 Å². The Kier molecular flexibility index (Phi) is 4.28. The number of nitrogens with zero attached hydrogens (tertiary/aromatic N) is 2. The molecule has 1 aromatic heterocycles. The van der Waals surface area contributed by atoms with Crippen LogP contribution in [0.4, 0.5) is 5.69 Å². The van der Waals surface area contributed by atoms with Gasteiger partial charge in [0.05, 0.1) is 17.4 Å². The van der Waals surface area contributed by atoms with Crippen LogP contribution in [-0.2, 0) is 11.8 Å². The maximum absolute atomic E-state index is 12.5.